The smallest absolute Gasteiger partial charge is 0.309 e. The van der Waals surface area contributed by atoms with Gasteiger partial charge in [-0.25, -0.2) is 0 Å². The highest BCUT2D eigenvalue weighted by molar-refractivity contribution is 5.72. The van der Waals surface area contributed by atoms with Crippen LogP contribution in [0.15, 0.2) is 0 Å². The van der Waals surface area contributed by atoms with Crippen LogP contribution in [0.3, 0.4) is 0 Å². The zero-order chi connectivity index (χ0) is 12.3. The van der Waals surface area contributed by atoms with Crippen molar-refractivity contribution in [1.29, 1.82) is 0 Å². The summed E-state index contributed by atoms with van der Waals surface area (Å²) in [6.07, 6.45) is 2.63. The molecule has 17 heavy (non-hydrogen) atoms. The molecule has 0 spiro atoms. The van der Waals surface area contributed by atoms with Gasteiger partial charge in [-0.3, -0.25) is 4.79 Å². The molecular weight excluding hydrogens is 216 g/mol. The number of rotatable bonds is 4. The van der Waals surface area contributed by atoms with E-state index in [-0.39, 0.29) is 11.9 Å². The lowest BCUT2D eigenvalue weighted by molar-refractivity contribution is -0.147. The zero-order valence-electron chi connectivity index (χ0n) is 10.9. The van der Waals surface area contributed by atoms with Crippen molar-refractivity contribution < 1.29 is 9.53 Å². The molecule has 98 valence electrons. The fraction of sp³-hybridized carbons (Fsp3) is 0.923. The Kier molecular flexibility index (Phi) is 4.40. The Hall–Kier alpha value is -0.610. The Morgan fingerprint density at radius 1 is 1.53 bits per heavy atom. The van der Waals surface area contributed by atoms with E-state index in [2.05, 4.69) is 10.2 Å². The van der Waals surface area contributed by atoms with Crippen molar-refractivity contribution in [2.24, 2.45) is 11.8 Å². The fourth-order valence-electron chi connectivity index (χ4n) is 3.03. The van der Waals surface area contributed by atoms with Crippen LogP contribution in [0.5, 0.6) is 0 Å². The second kappa shape index (κ2) is 5.83. The third-order valence-corrected chi connectivity index (χ3v) is 3.90. The molecule has 0 saturated carbocycles. The monoisotopic (exact) mass is 240 g/mol. The first-order chi connectivity index (χ1) is 8.20. The van der Waals surface area contributed by atoms with Gasteiger partial charge in [0.05, 0.1) is 12.5 Å². The third kappa shape index (κ3) is 3.19. The molecule has 3 atom stereocenters. The molecule has 1 N–H and O–H groups in total. The van der Waals surface area contributed by atoms with Gasteiger partial charge in [0.1, 0.15) is 0 Å². The lowest BCUT2D eigenvalue weighted by Crippen LogP contribution is -2.41. The van der Waals surface area contributed by atoms with Gasteiger partial charge in [-0.05, 0) is 32.2 Å². The molecule has 0 aromatic carbocycles. The highest BCUT2D eigenvalue weighted by Crippen LogP contribution is 2.25. The van der Waals surface area contributed by atoms with E-state index in [1.54, 1.807) is 0 Å². The number of nitrogens with one attached hydrogen (secondary N) is 1. The number of ether oxygens (including phenoxy) is 1. The minimum absolute atomic E-state index is 0.00453. The Morgan fingerprint density at radius 3 is 3.06 bits per heavy atom. The molecule has 2 heterocycles. The minimum atomic E-state index is -0.0599. The van der Waals surface area contributed by atoms with Gasteiger partial charge in [-0.15, -0.1) is 0 Å². The third-order valence-electron chi connectivity index (χ3n) is 3.90. The standard InChI is InChI=1S/C13H24N2O2/c1-3-17-13(16)10(2)7-15-8-11-5-4-6-14-12(11)9-15/h10-12,14H,3-9H2,1-2H3/t10?,11-,12+/m0/s1. The highest BCUT2D eigenvalue weighted by Gasteiger charge is 2.35. The van der Waals surface area contributed by atoms with Gasteiger partial charge < -0.3 is 15.0 Å². The van der Waals surface area contributed by atoms with Crippen molar-refractivity contribution >= 4 is 5.97 Å². The maximum absolute atomic E-state index is 11.6. The van der Waals surface area contributed by atoms with Crippen LogP contribution in [0, 0.1) is 11.8 Å². The van der Waals surface area contributed by atoms with Gasteiger partial charge in [0.2, 0.25) is 0 Å². The van der Waals surface area contributed by atoms with Crippen LogP contribution in [0.2, 0.25) is 0 Å². The molecule has 0 amide bonds. The molecule has 2 rings (SSSR count). The van der Waals surface area contributed by atoms with Gasteiger partial charge in [-0.1, -0.05) is 6.92 Å². The molecule has 0 bridgehead atoms. The van der Waals surface area contributed by atoms with E-state index < -0.39 is 0 Å². The van der Waals surface area contributed by atoms with Crippen molar-refractivity contribution in [3.8, 4) is 0 Å². The number of piperidine rings is 1. The largest absolute Gasteiger partial charge is 0.466 e. The summed E-state index contributed by atoms with van der Waals surface area (Å²) in [6.45, 7) is 8.54. The summed E-state index contributed by atoms with van der Waals surface area (Å²) in [5, 5.41) is 3.58. The number of hydrogen-bond donors (Lipinski definition) is 1. The molecule has 0 aliphatic carbocycles. The van der Waals surface area contributed by atoms with Crippen molar-refractivity contribution in [3.63, 3.8) is 0 Å². The van der Waals surface area contributed by atoms with E-state index in [4.69, 9.17) is 4.74 Å². The first-order valence-corrected chi connectivity index (χ1v) is 6.83. The van der Waals surface area contributed by atoms with Crippen LogP contribution >= 0.6 is 0 Å². The second-order valence-electron chi connectivity index (χ2n) is 5.33. The molecule has 2 saturated heterocycles. The first kappa shape index (κ1) is 12.8. The predicted molar refractivity (Wildman–Crippen MR) is 66.8 cm³/mol. The van der Waals surface area contributed by atoms with Crippen LogP contribution in [0.1, 0.15) is 26.7 Å². The molecule has 4 nitrogen and oxygen atoms in total. The lowest BCUT2D eigenvalue weighted by Gasteiger charge is -2.24. The van der Waals surface area contributed by atoms with Crippen LogP contribution in [0.25, 0.3) is 0 Å². The van der Waals surface area contributed by atoms with E-state index in [9.17, 15) is 4.79 Å². The Balaban J connectivity index is 1.78. The molecule has 2 aliphatic heterocycles. The van der Waals surface area contributed by atoms with Gasteiger partial charge in [0.25, 0.3) is 0 Å². The van der Waals surface area contributed by atoms with Gasteiger partial charge in [0, 0.05) is 25.7 Å². The topological polar surface area (TPSA) is 41.6 Å². The van der Waals surface area contributed by atoms with E-state index in [1.807, 2.05) is 13.8 Å². The average molecular weight is 240 g/mol. The SMILES string of the molecule is CCOC(=O)C(C)CN1C[C@@H]2CCCN[C@@H]2C1. The molecule has 0 aromatic heterocycles. The summed E-state index contributed by atoms with van der Waals surface area (Å²) in [5.41, 5.74) is 0. The number of carbonyl (C=O) groups excluding carboxylic acids is 1. The van der Waals surface area contributed by atoms with Crippen molar-refractivity contribution in [3.05, 3.63) is 0 Å². The summed E-state index contributed by atoms with van der Waals surface area (Å²) in [5.74, 6) is 0.726. The molecule has 0 aromatic rings. The minimum Gasteiger partial charge on any atom is -0.466 e. The van der Waals surface area contributed by atoms with Gasteiger partial charge >= 0.3 is 5.97 Å². The summed E-state index contributed by atoms with van der Waals surface area (Å²) < 4.78 is 5.05. The van der Waals surface area contributed by atoms with E-state index >= 15 is 0 Å². The summed E-state index contributed by atoms with van der Waals surface area (Å²) in [7, 11) is 0. The highest BCUT2D eigenvalue weighted by atomic mass is 16.5. The first-order valence-electron chi connectivity index (χ1n) is 6.83. The fourth-order valence-corrected chi connectivity index (χ4v) is 3.03. The summed E-state index contributed by atoms with van der Waals surface area (Å²) >= 11 is 0. The number of carbonyl (C=O) groups is 1. The number of hydrogen-bond acceptors (Lipinski definition) is 4. The Labute approximate surface area is 104 Å². The van der Waals surface area contributed by atoms with E-state index in [0.717, 1.165) is 32.1 Å². The zero-order valence-corrected chi connectivity index (χ0v) is 10.9. The molecular formula is C13H24N2O2. The normalized spacial score (nSPS) is 30.9. The molecule has 2 aliphatic rings. The molecule has 2 fully saturated rings. The second-order valence-corrected chi connectivity index (χ2v) is 5.33. The van der Waals surface area contributed by atoms with Gasteiger partial charge in [0.15, 0.2) is 0 Å². The number of fused-ring (bicyclic) bond motifs is 1. The van der Waals surface area contributed by atoms with Crippen LogP contribution in [0.4, 0.5) is 0 Å². The number of nitrogens with zero attached hydrogens (tertiary/aromatic N) is 1. The summed E-state index contributed by atoms with van der Waals surface area (Å²) in [6, 6.07) is 0.651. The quantitative estimate of drug-likeness (QED) is 0.740. The Bertz CT molecular complexity index is 256. The van der Waals surface area contributed by atoms with E-state index in [0.29, 0.717) is 12.6 Å². The molecule has 1 unspecified atom stereocenters. The summed E-state index contributed by atoms with van der Waals surface area (Å²) in [4.78, 5) is 14.0. The predicted octanol–water partition coefficient (Wildman–Crippen LogP) is 0.869. The Morgan fingerprint density at radius 2 is 2.35 bits per heavy atom. The average Bonchev–Trinajstić information content (AvgIpc) is 2.71. The van der Waals surface area contributed by atoms with Crippen molar-refractivity contribution in [1.82, 2.24) is 10.2 Å². The maximum atomic E-state index is 11.6. The maximum Gasteiger partial charge on any atom is 0.309 e. The van der Waals surface area contributed by atoms with Crippen LogP contribution in [-0.4, -0.2) is 49.7 Å². The van der Waals surface area contributed by atoms with Gasteiger partial charge in [-0.2, -0.15) is 0 Å². The lowest BCUT2D eigenvalue weighted by atomic mass is 9.94. The number of likely N-dealkylation sites (tertiary alicyclic amines) is 1. The van der Waals surface area contributed by atoms with Crippen LogP contribution < -0.4 is 5.32 Å². The molecule has 4 heteroatoms. The van der Waals surface area contributed by atoms with Crippen LogP contribution in [-0.2, 0) is 9.53 Å². The van der Waals surface area contributed by atoms with Crippen molar-refractivity contribution in [2.45, 2.75) is 32.7 Å². The van der Waals surface area contributed by atoms with Crippen molar-refractivity contribution in [2.75, 3.05) is 32.8 Å². The number of esters is 1. The van der Waals surface area contributed by atoms with E-state index in [1.165, 1.54) is 12.8 Å². The molecule has 0 radical (unpaired) electrons.